The molecule has 0 unspecified atom stereocenters. The van der Waals surface area contributed by atoms with Crippen LogP contribution in [-0.4, -0.2) is 11.1 Å². The maximum atomic E-state index is 9.49. The fourth-order valence-corrected chi connectivity index (χ4v) is 0. The van der Waals surface area contributed by atoms with Crippen molar-refractivity contribution in [1.29, 1.82) is 0 Å². The summed E-state index contributed by atoms with van der Waals surface area (Å²) in [5.41, 5.74) is 7.94. The molecule has 0 aromatic heterocycles. The van der Waals surface area contributed by atoms with Crippen LogP contribution >= 0.6 is 12.2 Å². The quantitative estimate of drug-likeness (QED) is 0.337. The summed E-state index contributed by atoms with van der Waals surface area (Å²) in [5.74, 6) is -1.19. The van der Waals surface area contributed by atoms with Crippen LogP contribution in [0.1, 0.15) is 6.92 Å². The molecule has 0 atom stereocenters. The summed E-state index contributed by atoms with van der Waals surface area (Å²) >= 11 is 4.20. The number of thiocarbonyl (C=S) groups is 1. The minimum Gasteiger partial charge on any atom is -0.545 e. The predicted octanol–water partition coefficient (Wildman–Crippen LogP) is -2.22. The zero-order chi connectivity index (χ0) is 8.73. The number of carbonyl (C=O) groups excluding carboxylic acids is 1. The molecule has 5 heteroatoms. The highest BCUT2D eigenvalue weighted by Gasteiger charge is 1.76. The summed E-state index contributed by atoms with van der Waals surface area (Å²) in [6, 6.07) is 0. The van der Waals surface area contributed by atoms with Crippen molar-refractivity contribution in [2.75, 3.05) is 0 Å². The van der Waals surface area contributed by atoms with Crippen LogP contribution in [0, 0.1) is 0 Å². The van der Waals surface area contributed by atoms with Gasteiger partial charge in [-0.3, -0.25) is 0 Å². The number of aliphatic carboxylic acids is 1. The highest BCUT2D eigenvalue weighted by atomic mass is 32.1. The second-order valence-corrected chi connectivity index (χ2v) is 2.06. The first-order valence-electron chi connectivity index (χ1n) is 2.36. The van der Waals surface area contributed by atoms with Crippen molar-refractivity contribution >= 4 is 23.3 Å². The van der Waals surface area contributed by atoms with Gasteiger partial charge < -0.3 is 21.4 Å². The van der Waals surface area contributed by atoms with E-state index in [2.05, 4.69) is 24.5 Å². The highest BCUT2D eigenvalue weighted by molar-refractivity contribution is 7.79. The Morgan fingerprint density at radius 1 is 1.80 bits per heavy atom. The van der Waals surface area contributed by atoms with Gasteiger partial charge in [0.25, 0.3) is 5.11 Å². The molecule has 0 aliphatic carbocycles. The molecule has 0 heterocycles. The van der Waals surface area contributed by atoms with Crippen LogP contribution in [0.4, 0.5) is 0 Å². The van der Waals surface area contributed by atoms with E-state index in [0.29, 0.717) is 0 Å². The lowest BCUT2D eigenvalue weighted by Gasteiger charge is -1.93. The number of carboxylic acid groups (broad SMARTS) is 1. The van der Waals surface area contributed by atoms with Crippen molar-refractivity contribution in [2.45, 2.75) is 6.92 Å². The van der Waals surface area contributed by atoms with Crippen LogP contribution in [0.5, 0.6) is 0 Å². The normalized spacial score (nSPS) is 7.00. The first-order valence-corrected chi connectivity index (χ1v) is 2.77. The Hall–Kier alpha value is -0.940. The van der Waals surface area contributed by atoms with E-state index in [1.165, 1.54) is 6.92 Å². The lowest BCUT2D eigenvalue weighted by molar-refractivity contribution is -0.299. The SMILES string of the molecule is C=C(C)C(=O)[O-].NC([NH3+])=S. The first kappa shape index (κ1) is 11.8. The lowest BCUT2D eigenvalue weighted by atomic mass is 10.4. The minimum absolute atomic E-state index is 0.0648. The summed E-state index contributed by atoms with van der Waals surface area (Å²) in [7, 11) is 0. The third kappa shape index (κ3) is 27.7. The van der Waals surface area contributed by atoms with Crippen molar-refractivity contribution in [2.24, 2.45) is 5.73 Å². The van der Waals surface area contributed by atoms with E-state index in [9.17, 15) is 9.90 Å². The van der Waals surface area contributed by atoms with Crippen molar-refractivity contribution in [3.8, 4) is 0 Å². The molecule has 0 aliphatic rings. The fourth-order valence-electron chi connectivity index (χ4n) is 0. The van der Waals surface area contributed by atoms with Crippen LogP contribution in [0.3, 0.4) is 0 Å². The molecule has 0 bridgehead atoms. The number of rotatable bonds is 1. The minimum atomic E-state index is -1.19. The summed E-state index contributed by atoms with van der Waals surface area (Å²) in [6.07, 6.45) is 0. The van der Waals surface area contributed by atoms with Crippen LogP contribution in [0.25, 0.3) is 0 Å². The second-order valence-electron chi connectivity index (χ2n) is 1.53. The van der Waals surface area contributed by atoms with E-state index in [4.69, 9.17) is 5.73 Å². The number of hydrogen-bond donors (Lipinski definition) is 2. The molecule has 0 radical (unpaired) electrons. The van der Waals surface area contributed by atoms with Gasteiger partial charge in [0.2, 0.25) is 0 Å². The average Bonchev–Trinajstić information content (AvgIpc) is 1.63. The number of carboxylic acids is 1. The average molecular weight is 162 g/mol. The number of hydrogen-bond acceptors (Lipinski definition) is 3. The Morgan fingerprint density at radius 3 is 1.90 bits per heavy atom. The van der Waals surface area contributed by atoms with E-state index in [-0.39, 0.29) is 10.7 Å². The molecule has 0 aromatic carbocycles. The summed E-state index contributed by atoms with van der Waals surface area (Å²) < 4.78 is 0. The Balaban J connectivity index is 0. The number of quaternary nitrogens is 1. The maximum absolute atomic E-state index is 9.49. The van der Waals surface area contributed by atoms with Crippen LogP contribution in [-0.2, 0) is 4.79 Å². The lowest BCUT2D eigenvalue weighted by Crippen LogP contribution is -2.60. The van der Waals surface area contributed by atoms with Crippen molar-refractivity contribution in [3.05, 3.63) is 12.2 Å². The second kappa shape index (κ2) is 6.18. The molecule has 0 amide bonds. The fraction of sp³-hybridized carbons (Fsp3) is 0.200. The summed E-state index contributed by atoms with van der Waals surface area (Å²) in [6.45, 7) is 4.48. The monoisotopic (exact) mass is 162 g/mol. The molecule has 0 aliphatic heterocycles. The van der Waals surface area contributed by atoms with Gasteiger partial charge in [0.05, 0.1) is 5.97 Å². The Morgan fingerprint density at radius 2 is 1.90 bits per heavy atom. The Labute approximate surface area is 64.5 Å². The van der Waals surface area contributed by atoms with Crippen LogP contribution in [0.2, 0.25) is 0 Å². The smallest absolute Gasteiger partial charge is 0.262 e. The van der Waals surface area contributed by atoms with E-state index >= 15 is 0 Å². The van der Waals surface area contributed by atoms with E-state index in [0.717, 1.165) is 0 Å². The molecule has 0 saturated heterocycles. The number of nitrogens with two attached hydrogens (primary N) is 1. The van der Waals surface area contributed by atoms with Crippen molar-refractivity contribution in [1.82, 2.24) is 0 Å². The van der Waals surface area contributed by atoms with E-state index in [1.807, 2.05) is 0 Å². The van der Waals surface area contributed by atoms with Crippen LogP contribution in [0.15, 0.2) is 12.2 Å². The van der Waals surface area contributed by atoms with Gasteiger partial charge in [-0.05, 0) is 12.5 Å². The van der Waals surface area contributed by atoms with Gasteiger partial charge in [0.1, 0.15) is 0 Å². The predicted molar refractivity (Wildman–Crippen MR) is 39.5 cm³/mol. The van der Waals surface area contributed by atoms with Crippen molar-refractivity contribution < 1.29 is 15.6 Å². The van der Waals surface area contributed by atoms with Gasteiger partial charge in [0, 0.05) is 12.2 Å². The molecule has 4 nitrogen and oxygen atoms in total. The molecular weight excluding hydrogens is 152 g/mol. The van der Waals surface area contributed by atoms with Gasteiger partial charge in [-0.2, -0.15) is 0 Å². The van der Waals surface area contributed by atoms with Gasteiger partial charge in [-0.15, -0.1) is 0 Å². The van der Waals surface area contributed by atoms with Crippen LogP contribution < -0.4 is 16.6 Å². The Bertz CT molecular complexity index is 140. The Kier molecular flexibility index (Phi) is 7.30. The molecule has 58 valence electrons. The molecule has 0 spiro atoms. The van der Waals surface area contributed by atoms with E-state index < -0.39 is 5.97 Å². The molecule has 0 rings (SSSR count). The molecule has 5 N–H and O–H groups in total. The third-order valence-corrected chi connectivity index (χ3v) is 0.348. The van der Waals surface area contributed by atoms with Gasteiger partial charge >= 0.3 is 0 Å². The molecular formula is C5H10N2O2S. The first-order chi connectivity index (χ1) is 4.37. The molecule has 0 aromatic rings. The third-order valence-electron chi connectivity index (χ3n) is 0.348. The highest BCUT2D eigenvalue weighted by Crippen LogP contribution is 1.77. The molecule has 0 fully saturated rings. The van der Waals surface area contributed by atoms with Crippen molar-refractivity contribution in [3.63, 3.8) is 0 Å². The summed E-state index contributed by atoms with van der Waals surface area (Å²) in [5, 5.41) is 9.74. The maximum Gasteiger partial charge on any atom is 0.262 e. The van der Waals surface area contributed by atoms with E-state index in [1.54, 1.807) is 0 Å². The topological polar surface area (TPSA) is 93.8 Å². The summed E-state index contributed by atoms with van der Waals surface area (Å²) in [4.78, 5) is 9.49. The van der Waals surface area contributed by atoms with Gasteiger partial charge in [-0.1, -0.05) is 6.58 Å². The zero-order valence-electron chi connectivity index (χ0n) is 5.72. The molecule has 10 heavy (non-hydrogen) atoms. The molecule has 0 saturated carbocycles. The van der Waals surface area contributed by atoms with Gasteiger partial charge in [0.15, 0.2) is 0 Å². The van der Waals surface area contributed by atoms with Gasteiger partial charge in [-0.25, -0.2) is 0 Å². The largest absolute Gasteiger partial charge is 0.545 e. The zero-order valence-corrected chi connectivity index (χ0v) is 6.53. The number of carbonyl (C=O) groups is 1. The standard InChI is InChI=1S/C4H6O2.CH4N2S/c1-3(2)4(5)6;2-1(3)4/h1H2,2H3,(H,5,6);(H4,2,3,4).